The summed E-state index contributed by atoms with van der Waals surface area (Å²) in [7, 11) is 0. The molecule has 0 saturated carbocycles. The normalized spacial score (nSPS) is 16.7. The lowest BCUT2D eigenvalue weighted by molar-refractivity contribution is -0.123. The fourth-order valence-electron chi connectivity index (χ4n) is 2.03. The van der Waals surface area contributed by atoms with Gasteiger partial charge in [-0.15, -0.1) is 0 Å². The summed E-state index contributed by atoms with van der Waals surface area (Å²) in [5.74, 6) is 0.373. The highest BCUT2D eigenvalue weighted by Crippen LogP contribution is 2.28. The molecule has 0 aliphatic carbocycles. The lowest BCUT2D eigenvalue weighted by atomic mass is 10.2. The molecule has 3 amide bonds. The van der Waals surface area contributed by atoms with Crippen LogP contribution >= 0.6 is 0 Å². The van der Waals surface area contributed by atoms with Crippen LogP contribution in [0.25, 0.3) is 0 Å². The van der Waals surface area contributed by atoms with Crippen molar-refractivity contribution in [1.82, 2.24) is 10.2 Å². The molecular formula is C14H19N3O3. The van der Waals surface area contributed by atoms with Crippen molar-refractivity contribution >= 4 is 17.6 Å². The number of hydrogen-bond donors (Lipinski definition) is 2. The Morgan fingerprint density at radius 1 is 1.35 bits per heavy atom. The number of fused-ring (bicyclic) bond motifs is 1. The molecule has 2 rings (SSSR count). The molecule has 0 saturated heterocycles. The van der Waals surface area contributed by atoms with Gasteiger partial charge in [0.25, 0.3) is 5.91 Å². The third-order valence-electron chi connectivity index (χ3n) is 3.20. The molecule has 0 spiro atoms. The van der Waals surface area contributed by atoms with Gasteiger partial charge in [-0.1, -0.05) is 12.1 Å². The van der Waals surface area contributed by atoms with Crippen LogP contribution in [0.3, 0.4) is 0 Å². The van der Waals surface area contributed by atoms with E-state index in [0.717, 1.165) is 0 Å². The first-order valence-corrected chi connectivity index (χ1v) is 6.75. The smallest absolute Gasteiger partial charge is 0.317 e. The summed E-state index contributed by atoms with van der Waals surface area (Å²) in [5, 5.41) is 5.48. The molecular weight excluding hydrogens is 258 g/mol. The second-order valence-electron chi connectivity index (χ2n) is 4.45. The summed E-state index contributed by atoms with van der Waals surface area (Å²) in [4.78, 5) is 25.4. The second-order valence-corrected chi connectivity index (χ2v) is 4.45. The summed E-state index contributed by atoms with van der Waals surface area (Å²) in [6.07, 6.45) is -0.704. The minimum absolute atomic E-state index is 0.148. The number of carbonyl (C=O) groups is 2. The summed E-state index contributed by atoms with van der Waals surface area (Å²) in [5.41, 5.74) is 0.656. The van der Waals surface area contributed by atoms with Crippen molar-refractivity contribution in [3.63, 3.8) is 0 Å². The average Bonchev–Trinajstić information content (AvgIpc) is 2.46. The molecule has 6 heteroatoms. The molecule has 2 N–H and O–H groups in total. The zero-order valence-corrected chi connectivity index (χ0v) is 11.7. The van der Waals surface area contributed by atoms with Crippen molar-refractivity contribution in [2.45, 2.75) is 20.0 Å². The van der Waals surface area contributed by atoms with Crippen molar-refractivity contribution in [1.29, 1.82) is 0 Å². The second kappa shape index (κ2) is 6.27. The summed E-state index contributed by atoms with van der Waals surface area (Å²) < 4.78 is 5.60. The van der Waals surface area contributed by atoms with E-state index >= 15 is 0 Å². The van der Waals surface area contributed by atoms with Crippen molar-refractivity contribution in [3.05, 3.63) is 24.3 Å². The van der Waals surface area contributed by atoms with Crippen LogP contribution in [0.15, 0.2) is 24.3 Å². The van der Waals surface area contributed by atoms with Crippen LogP contribution in [-0.4, -0.2) is 42.6 Å². The quantitative estimate of drug-likeness (QED) is 0.874. The Kier molecular flexibility index (Phi) is 4.45. The highest BCUT2D eigenvalue weighted by atomic mass is 16.5. The molecule has 0 radical (unpaired) electrons. The zero-order chi connectivity index (χ0) is 14.5. The number of anilines is 1. The van der Waals surface area contributed by atoms with E-state index in [2.05, 4.69) is 10.6 Å². The minimum Gasteiger partial charge on any atom is -0.477 e. The number of benzene rings is 1. The van der Waals surface area contributed by atoms with Gasteiger partial charge >= 0.3 is 6.03 Å². The van der Waals surface area contributed by atoms with Crippen LogP contribution in [0.5, 0.6) is 5.75 Å². The maximum atomic E-state index is 11.9. The number of nitrogens with zero attached hydrogens (tertiary/aromatic N) is 1. The Hall–Kier alpha value is -2.24. The fraction of sp³-hybridized carbons (Fsp3) is 0.429. The van der Waals surface area contributed by atoms with Gasteiger partial charge in [0.2, 0.25) is 0 Å². The predicted molar refractivity (Wildman–Crippen MR) is 75.8 cm³/mol. The molecule has 1 atom stereocenters. The molecule has 0 aromatic heterocycles. The number of amides is 3. The summed E-state index contributed by atoms with van der Waals surface area (Å²) >= 11 is 0. The van der Waals surface area contributed by atoms with Gasteiger partial charge in [0.1, 0.15) is 5.75 Å². The van der Waals surface area contributed by atoms with Gasteiger partial charge in [-0.05, 0) is 26.0 Å². The van der Waals surface area contributed by atoms with Crippen molar-refractivity contribution in [2.24, 2.45) is 0 Å². The molecule has 1 heterocycles. The highest BCUT2D eigenvalue weighted by Gasteiger charge is 2.27. The van der Waals surface area contributed by atoms with Gasteiger partial charge in [-0.3, -0.25) is 4.79 Å². The molecule has 6 nitrogen and oxygen atoms in total. The van der Waals surface area contributed by atoms with E-state index in [9.17, 15) is 9.59 Å². The lowest BCUT2D eigenvalue weighted by Gasteiger charge is -2.27. The Morgan fingerprint density at radius 3 is 2.75 bits per heavy atom. The molecule has 20 heavy (non-hydrogen) atoms. The molecule has 1 aromatic carbocycles. The highest BCUT2D eigenvalue weighted by molar-refractivity contribution is 5.98. The number of ether oxygens (including phenoxy) is 1. The predicted octanol–water partition coefficient (Wildman–Crippen LogP) is 1.44. The fourth-order valence-corrected chi connectivity index (χ4v) is 2.03. The third-order valence-corrected chi connectivity index (χ3v) is 3.20. The lowest BCUT2D eigenvalue weighted by Crippen LogP contribution is -2.48. The first-order chi connectivity index (χ1) is 9.65. The van der Waals surface area contributed by atoms with Gasteiger partial charge in [-0.2, -0.15) is 0 Å². The van der Waals surface area contributed by atoms with Crippen molar-refractivity contribution < 1.29 is 14.3 Å². The van der Waals surface area contributed by atoms with Crippen LogP contribution in [0.1, 0.15) is 13.8 Å². The van der Waals surface area contributed by atoms with Crippen LogP contribution in [0.2, 0.25) is 0 Å². The molecule has 1 aromatic rings. The van der Waals surface area contributed by atoms with E-state index in [1.165, 1.54) is 0 Å². The van der Waals surface area contributed by atoms with E-state index in [0.29, 0.717) is 24.5 Å². The zero-order valence-electron chi connectivity index (χ0n) is 11.7. The van der Waals surface area contributed by atoms with E-state index in [1.54, 1.807) is 17.0 Å². The monoisotopic (exact) mass is 277 g/mol. The van der Waals surface area contributed by atoms with Crippen LogP contribution < -0.4 is 15.4 Å². The maximum absolute atomic E-state index is 11.9. The van der Waals surface area contributed by atoms with Crippen LogP contribution in [0.4, 0.5) is 10.5 Å². The first kappa shape index (κ1) is 14.2. The summed E-state index contributed by atoms with van der Waals surface area (Å²) in [6.45, 7) is 5.22. The number of para-hydroxylation sites is 2. The SMILES string of the molecule is CCN(CC)C(=O)NCC1Oc2ccccc2NC1=O. The molecule has 0 fully saturated rings. The maximum Gasteiger partial charge on any atom is 0.317 e. The van der Waals surface area contributed by atoms with Crippen LogP contribution in [-0.2, 0) is 4.79 Å². The van der Waals surface area contributed by atoms with Gasteiger partial charge in [0.15, 0.2) is 6.10 Å². The van der Waals surface area contributed by atoms with Crippen molar-refractivity contribution in [2.75, 3.05) is 25.0 Å². The Labute approximate surface area is 118 Å². The standard InChI is InChI=1S/C14H19N3O3/c1-3-17(4-2)14(19)15-9-12-13(18)16-10-7-5-6-8-11(10)20-12/h5-8,12H,3-4,9H2,1-2H3,(H,15,19)(H,16,18). The average molecular weight is 277 g/mol. The van der Waals surface area contributed by atoms with Gasteiger partial charge in [-0.25, -0.2) is 4.79 Å². The van der Waals surface area contributed by atoms with E-state index in [1.807, 2.05) is 26.0 Å². The Bertz CT molecular complexity index is 500. The minimum atomic E-state index is -0.704. The first-order valence-electron chi connectivity index (χ1n) is 6.75. The molecule has 1 aliphatic rings. The third kappa shape index (κ3) is 3.01. The molecule has 1 unspecified atom stereocenters. The number of rotatable bonds is 4. The number of nitrogens with one attached hydrogen (secondary N) is 2. The molecule has 108 valence electrons. The van der Waals surface area contributed by atoms with Gasteiger partial charge < -0.3 is 20.3 Å². The summed E-state index contributed by atoms with van der Waals surface area (Å²) in [6, 6.07) is 7.03. The Balaban J connectivity index is 1.94. The van der Waals surface area contributed by atoms with Crippen LogP contribution in [0, 0.1) is 0 Å². The van der Waals surface area contributed by atoms with E-state index in [-0.39, 0.29) is 18.5 Å². The largest absolute Gasteiger partial charge is 0.477 e. The van der Waals surface area contributed by atoms with E-state index < -0.39 is 6.10 Å². The van der Waals surface area contributed by atoms with Gasteiger partial charge in [0, 0.05) is 13.1 Å². The number of carbonyl (C=O) groups excluding carboxylic acids is 2. The molecule has 1 aliphatic heterocycles. The van der Waals surface area contributed by atoms with Gasteiger partial charge in [0.05, 0.1) is 12.2 Å². The van der Waals surface area contributed by atoms with Crippen molar-refractivity contribution in [3.8, 4) is 5.75 Å². The molecule has 0 bridgehead atoms. The number of hydrogen-bond acceptors (Lipinski definition) is 3. The Morgan fingerprint density at radius 2 is 2.05 bits per heavy atom. The van der Waals surface area contributed by atoms with E-state index in [4.69, 9.17) is 4.74 Å². The number of urea groups is 1. The topological polar surface area (TPSA) is 70.7 Å².